The third-order valence-corrected chi connectivity index (χ3v) is 9.11. The summed E-state index contributed by atoms with van der Waals surface area (Å²) >= 11 is 0. The predicted octanol–water partition coefficient (Wildman–Crippen LogP) is 4.83. The molecular formula is C20H28N2. The highest BCUT2D eigenvalue weighted by molar-refractivity contribution is 5.48. The summed E-state index contributed by atoms with van der Waals surface area (Å²) < 4.78 is 0. The minimum atomic E-state index is 0.233. The van der Waals surface area contributed by atoms with Crippen molar-refractivity contribution in [1.82, 2.24) is 9.97 Å². The average Bonchev–Trinajstić information content (AvgIpc) is 2.94. The smallest absolute Gasteiger partial charge is 0.0690 e. The molecule has 118 valence electrons. The van der Waals surface area contributed by atoms with Gasteiger partial charge < -0.3 is 0 Å². The van der Waals surface area contributed by atoms with E-state index < -0.39 is 0 Å². The van der Waals surface area contributed by atoms with Crippen molar-refractivity contribution in [2.45, 2.75) is 89.9 Å². The molecule has 1 aromatic rings. The lowest BCUT2D eigenvalue weighted by molar-refractivity contribution is 0.217. The van der Waals surface area contributed by atoms with Gasteiger partial charge in [0.25, 0.3) is 0 Å². The van der Waals surface area contributed by atoms with Crippen molar-refractivity contribution in [1.29, 1.82) is 0 Å². The van der Waals surface area contributed by atoms with Gasteiger partial charge in [-0.3, -0.25) is 9.97 Å². The van der Waals surface area contributed by atoms with Gasteiger partial charge in [-0.1, -0.05) is 41.5 Å². The Bertz CT molecular complexity index is 659. The first-order valence-electron chi connectivity index (χ1n) is 9.07. The maximum atomic E-state index is 5.37. The summed E-state index contributed by atoms with van der Waals surface area (Å²) in [7, 11) is 0. The molecule has 2 nitrogen and oxygen atoms in total. The largest absolute Gasteiger partial charge is 0.253 e. The molecule has 5 rings (SSSR count). The van der Waals surface area contributed by atoms with E-state index >= 15 is 0 Å². The molecule has 2 fully saturated rings. The lowest BCUT2D eigenvalue weighted by atomic mass is 9.69. The van der Waals surface area contributed by atoms with Crippen molar-refractivity contribution in [2.75, 3.05) is 0 Å². The normalized spacial score (nSPS) is 45.2. The number of nitrogens with zero attached hydrogens (tertiary/aromatic N) is 2. The van der Waals surface area contributed by atoms with Crippen LogP contribution < -0.4 is 0 Å². The Morgan fingerprint density at radius 3 is 1.50 bits per heavy atom. The van der Waals surface area contributed by atoms with Crippen molar-refractivity contribution in [3.63, 3.8) is 0 Å². The average molecular weight is 296 g/mol. The first kappa shape index (κ1) is 13.5. The molecule has 1 aromatic heterocycles. The van der Waals surface area contributed by atoms with Crippen LogP contribution in [0.1, 0.15) is 102 Å². The summed E-state index contributed by atoms with van der Waals surface area (Å²) in [6.45, 7) is 14.7. The topological polar surface area (TPSA) is 25.8 Å². The molecule has 4 aliphatic carbocycles. The minimum absolute atomic E-state index is 0.233. The maximum Gasteiger partial charge on any atom is 0.0690 e. The van der Waals surface area contributed by atoms with E-state index in [0.29, 0.717) is 22.7 Å². The molecule has 0 N–H and O–H groups in total. The van der Waals surface area contributed by atoms with E-state index in [2.05, 4.69) is 41.5 Å². The lowest BCUT2D eigenvalue weighted by Crippen LogP contribution is -2.34. The number of aromatic nitrogens is 2. The summed E-state index contributed by atoms with van der Waals surface area (Å²) in [5.74, 6) is 1.25. The summed E-state index contributed by atoms with van der Waals surface area (Å²) in [5.41, 5.74) is 6.55. The van der Waals surface area contributed by atoms with Crippen molar-refractivity contribution < 1.29 is 0 Å². The van der Waals surface area contributed by atoms with Crippen LogP contribution in [0.25, 0.3) is 0 Å². The van der Waals surface area contributed by atoms with Crippen molar-refractivity contribution in [3.05, 3.63) is 22.8 Å². The van der Waals surface area contributed by atoms with Crippen LogP contribution in [-0.2, 0) is 10.8 Å². The molecule has 0 aliphatic heterocycles. The zero-order valence-corrected chi connectivity index (χ0v) is 14.9. The van der Waals surface area contributed by atoms with Crippen LogP contribution in [0.2, 0.25) is 0 Å². The molecule has 0 radical (unpaired) electrons. The first-order valence-corrected chi connectivity index (χ1v) is 9.07. The second kappa shape index (κ2) is 3.30. The van der Waals surface area contributed by atoms with Gasteiger partial charge in [0.2, 0.25) is 0 Å². The van der Waals surface area contributed by atoms with E-state index in [1.165, 1.54) is 48.5 Å². The monoisotopic (exact) mass is 296 g/mol. The molecule has 1 heterocycles. The quantitative estimate of drug-likeness (QED) is 0.685. The van der Waals surface area contributed by atoms with Crippen LogP contribution in [0.4, 0.5) is 0 Å². The molecule has 0 amide bonds. The van der Waals surface area contributed by atoms with Gasteiger partial charge in [0.1, 0.15) is 0 Å². The van der Waals surface area contributed by atoms with Gasteiger partial charge in [0.05, 0.1) is 22.8 Å². The number of hydrogen-bond acceptors (Lipinski definition) is 2. The minimum Gasteiger partial charge on any atom is -0.253 e. The van der Waals surface area contributed by atoms with Crippen LogP contribution >= 0.6 is 0 Å². The van der Waals surface area contributed by atoms with Crippen LogP contribution in [0.3, 0.4) is 0 Å². The van der Waals surface area contributed by atoms with E-state index in [1.807, 2.05) is 0 Å². The van der Waals surface area contributed by atoms with Gasteiger partial charge in [0.15, 0.2) is 0 Å². The fourth-order valence-electron chi connectivity index (χ4n) is 6.57. The zero-order valence-electron chi connectivity index (χ0n) is 14.9. The molecule has 0 spiro atoms. The van der Waals surface area contributed by atoms with Crippen LogP contribution in [0.5, 0.6) is 0 Å². The number of rotatable bonds is 0. The molecule has 0 unspecified atom stereocenters. The second-order valence-electron chi connectivity index (χ2n) is 9.98. The molecule has 0 saturated heterocycles. The Morgan fingerprint density at radius 1 is 0.682 bits per heavy atom. The van der Waals surface area contributed by atoms with E-state index in [0.717, 1.165) is 0 Å². The second-order valence-corrected chi connectivity index (χ2v) is 9.98. The third-order valence-electron chi connectivity index (χ3n) is 9.11. The highest BCUT2D eigenvalue weighted by atomic mass is 15.0. The van der Waals surface area contributed by atoms with Gasteiger partial charge in [-0.2, -0.15) is 0 Å². The van der Waals surface area contributed by atoms with Crippen LogP contribution in [0.15, 0.2) is 0 Å². The highest BCUT2D eigenvalue weighted by Gasteiger charge is 2.65. The Hall–Kier alpha value is -0.920. The standard InChI is InChI=1S/C20H28N2/c1-17(2)11-7-9-19(17,5)15-13(11)21-14-12-8-10-20(6,16(14)22-15)18(12,3)4/h11-12H,7-10H2,1-6H3/t11-,12-,19+,20+/m1/s1. The fraction of sp³-hybridized carbons (Fsp3) is 0.800. The van der Waals surface area contributed by atoms with Gasteiger partial charge in [-0.15, -0.1) is 0 Å². The number of hydrogen-bond donors (Lipinski definition) is 0. The van der Waals surface area contributed by atoms with Crippen molar-refractivity contribution in [2.24, 2.45) is 10.8 Å². The Morgan fingerprint density at radius 2 is 1.09 bits per heavy atom. The summed E-state index contributed by atoms with van der Waals surface area (Å²) in [6, 6.07) is 0. The summed E-state index contributed by atoms with van der Waals surface area (Å²) in [6.07, 6.45) is 5.17. The van der Waals surface area contributed by atoms with Crippen LogP contribution in [0, 0.1) is 10.8 Å². The summed E-state index contributed by atoms with van der Waals surface area (Å²) in [5, 5.41) is 0. The van der Waals surface area contributed by atoms with Gasteiger partial charge >= 0.3 is 0 Å². The van der Waals surface area contributed by atoms with Crippen LogP contribution in [-0.4, -0.2) is 9.97 Å². The molecule has 4 bridgehead atoms. The molecule has 4 aliphatic rings. The molecular weight excluding hydrogens is 268 g/mol. The van der Waals surface area contributed by atoms with Crippen molar-refractivity contribution in [3.8, 4) is 0 Å². The van der Waals surface area contributed by atoms with Gasteiger partial charge in [0, 0.05) is 22.7 Å². The predicted molar refractivity (Wildman–Crippen MR) is 88.2 cm³/mol. The van der Waals surface area contributed by atoms with E-state index in [9.17, 15) is 0 Å². The van der Waals surface area contributed by atoms with Crippen molar-refractivity contribution >= 4 is 0 Å². The molecule has 2 heteroatoms. The lowest BCUT2D eigenvalue weighted by Gasteiger charge is -2.36. The van der Waals surface area contributed by atoms with E-state index in [4.69, 9.17) is 9.97 Å². The third kappa shape index (κ3) is 1.05. The Balaban J connectivity index is 1.80. The van der Waals surface area contributed by atoms with E-state index in [-0.39, 0.29) is 10.8 Å². The molecule has 2 saturated carbocycles. The fourth-order valence-corrected chi connectivity index (χ4v) is 6.57. The van der Waals surface area contributed by atoms with E-state index in [1.54, 1.807) is 0 Å². The Labute approximate surface area is 134 Å². The molecule has 4 atom stereocenters. The van der Waals surface area contributed by atoms with Gasteiger partial charge in [-0.25, -0.2) is 0 Å². The summed E-state index contributed by atoms with van der Waals surface area (Å²) in [4.78, 5) is 10.7. The number of fused-ring (bicyclic) bond motifs is 10. The Kier molecular flexibility index (Phi) is 2.03. The SMILES string of the molecule is CC1(C)[C@@H]2CC[C@@]1(C)c1nc3c(nc12)[C@H]1CC[C@]3(C)C1(C)C. The molecule has 22 heavy (non-hydrogen) atoms. The first-order chi connectivity index (χ1) is 10.1. The van der Waals surface area contributed by atoms with Gasteiger partial charge in [-0.05, 0) is 36.5 Å². The highest BCUT2D eigenvalue weighted by Crippen LogP contribution is 2.70. The maximum absolute atomic E-state index is 5.37. The molecule has 0 aromatic carbocycles. The zero-order chi connectivity index (χ0) is 15.7.